The number of benzene rings is 1. The number of nitrogens with zero attached hydrogens (tertiary/aromatic N) is 1. The summed E-state index contributed by atoms with van der Waals surface area (Å²) in [6, 6.07) is 6.38. The molecule has 0 bridgehead atoms. The van der Waals surface area contributed by atoms with Gasteiger partial charge in [0.05, 0.1) is 10.8 Å². The van der Waals surface area contributed by atoms with Crippen molar-refractivity contribution < 1.29 is 27.5 Å². The van der Waals surface area contributed by atoms with Crippen molar-refractivity contribution in [1.29, 1.82) is 0 Å². The molecular formula is C22H31N3O6S. The van der Waals surface area contributed by atoms with Crippen molar-refractivity contribution in [3.8, 4) is 0 Å². The molecule has 1 saturated carbocycles. The number of piperidine rings is 1. The number of urea groups is 1. The normalized spacial score (nSPS) is 18.8. The number of sulfonamides is 1. The average Bonchev–Trinajstić information content (AvgIpc) is 3.57. The maximum absolute atomic E-state index is 12.9. The molecule has 0 spiro atoms. The summed E-state index contributed by atoms with van der Waals surface area (Å²) in [5.74, 6) is -1.44. The summed E-state index contributed by atoms with van der Waals surface area (Å²) in [5, 5.41) is 4.78. The van der Waals surface area contributed by atoms with Crippen LogP contribution in [0.4, 0.5) is 4.79 Å². The zero-order chi connectivity index (χ0) is 23.5. The first-order chi connectivity index (χ1) is 15.1. The molecule has 0 radical (unpaired) electrons. The number of amides is 3. The number of hydrogen-bond donors (Lipinski definition) is 2. The maximum Gasteiger partial charge on any atom is 0.321 e. The minimum absolute atomic E-state index is 0.107. The van der Waals surface area contributed by atoms with Gasteiger partial charge >= 0.3 is 12.0 Å². The summed E-state index contributed by atoms with van der Waals surface area (Å²) in [6.07, 6.45) is 1.28. The molecule has 3 rings (SSSR count). The molecule has 1 aliphatic carbocycles. The highest BCUT2D eigenvalue weighted by Gasteiger charge is 2.34. The first kappa shape index (κ1) is 24.2. The Labute approximate surface area is 188 Å². The summed E-state index contributed by atoms with van der Waals surface area (Å²) >= 11 is 0. The fraction of sp³-hybridized carbons (Fsp3) is 0.591. The summed E-state index contributed by atoms with van der Waals surface area (Å²) in [4.78, 5) is 36.4. The highest BCUT2D eigenvalue weighted by molar-refractivity contribution is 7.89. The van der Waals surface area contributed by atoms with E-state index in [4.69, 9.17) is 4.74 Å². The molecule has 1 aromatic carbocycles. The van der Waals surface area contributed by atoms with E-state index in [2.05, 4.69) is 10.6 Å². The lowest BCUT2D eigenvalue weighted by Crippen LogP contribution is -2.46. The van der Waals surface area contributed by atoms with Crippen molar-refractivity contribution in [3.05, 3.63) is 29.8 Å². The number of carbonyl (C=O) groups is 3. The van der Waals surface area contributed by atoms with Gasteiger partial charge < -0.3 is 10.1 Å². The minimum atomic E-state index is -3.64. The lowest BCUT2D eigenvalue weighted by molar-refractivity contribution is -0.159. The summed E-state index contributed by atoms with van der Waals surface area (Å²) < 4.78 is 32.4. The van der Waals surface area contributed by atoms with Crippen LogP contribution in [0, 0.1) is 5.92 Å². The fourth-order valence-corrected chi connectivity index (χ4v) is 4.96. The zero-order valence-electron chi connectivity index (χ0n) is 18.7. The standard InChI is InChI=1S/C22H31N3O6S/c1-14(2)16-4-8-19(9-5-16)32(29,30)25-12-10-17(11-13-25)21(27)31-15(3)20(26)24-22(28)23-18-6-7-18/h4-5,8-9,14-15,17-18H,6-7,10-13H2,1-3H3,(H2,23,24,26,28). The van der Waals surface area contributed by atoms with E-state index in [9.17, 15) is 22.8 Å². The van der Waals surface area contributed by atoms with E-state index in [1.165, 1.54) is 11.2 Å². The predicted molar refractivity (Wildman–Crippen MR) is 117 cm³/mol. The third-order valence-electron chi connectivity index (χ3n) is 5.78. The van der Waals surface area contributed by atoms with Crippen molar-refractivity contribution in [2.75, 3.05) is 13.1 Å². The van der Waals surface area contributed by atoms with Crippen LogP contribution in [0.2, 0.25) is 0 Å². The minimum Gasteiger partial charge on any atom is -0.452 e. The number of imide groups is 1. The Kier molecular flexibility index (Phi) is 7.55. The number of rotatable bonds is 7. The van der Waals surface area contributed by atoms with E-state index in [-0.39, 0.29) is 24.0 Å². The van der Waals surface area contributed by atoms with Crippen molar-refractivity contribution in [2.45, 2.75) is 69.4 Å². The van der Waals surface area contributed by atoms with E-state index in [0.717, 1.165) is 18.4 Å². The smallest absolute Gasteiger partial charge is 0.321 e. The second-order valence-corrected chi connectivity index (χ2v) is 10.7. The summed E-state index contributed by atoms with van der Waals surface area (Å²) in [6.45, 7) is 5.87. The molecule has 3 amide bonds. The summed E-state index contributed by atoms with van der Waals surface area (Å²) in [5.41, 5.74) is 1.06. The second-order valence-electron chi connectivity index (χ2n) is 8.72. The fourth-order valence-electron chi connectivity index (χ4n) is 3.49. The average molecular weight is 466 g/mol. The van der Waals surface area contributed by atoms with Crippen molar-refractivity contribution in [2.24, 2.45) is 5.92 Å². The Hall–Kier alpha value is -2.46. The molecule has 2 fully saturated rings. The van der Waals surface area contributed by atoms with Gasteiger partial charge in [-0.1, -0.05) is 26.0 Å². The molecular weight excluding hydrogens is 434 g/mol. The van der Waals surface area contributed by atoms with Crippen LogP contribution in [0.5, 0.6) is 0 Å². The first-order valence-corrected chi connectivity index (χ1v) is 12.4. The zero-order valence-corrected chi connectivity index (χ0v) is 19.5. The van der Waals surface area contributed by atoms with Crippen molar-refractivity contribution in [3.63, 3.8) is 0 Å². The highest BCUT2D eigenvalue weighted by Crippen LogP contribution is 2.26. The van der Waals surface area contributed by atoms with Crippen molar-refractivity contribution >= 4 is 27.9 Å². The Morgan fingerprint density at radius 2 is 1.59 bits per heavy atom. The third kappa shape index (κ3) is 6.07. The molecule has 1 heterocycles. The van der Waals surface area contributed by atoms with Crippen LogP contribution in [-0.4, -0.2) is 55.9 Å². The van der Waals surface area contributed by atoms with Gasteiger partial charge in [0.2, 0.25) is 10.0 Å². The van der Waals surface area contributed by atoms with Crippen LogP contribution >= 0.6 is 0 Å². The van der Waals surface area contributed by atoms with Gasteiger partial charge in [-0.25, -0.2) is 13.2 Å². The van der Waals surface area contributed by atoms with Crippen LogP contribution in [0.25, 0.3) is 0 Å². The van der Waals surface area contributed by atoms with Gasteiger partial charge in [-0.05, 0) is 56.2 Å². The number of esters is 1. The molecule has 1 atom stereocenters. The Morgan fingerprint density at radius 1 is 1.00 bits per heavy atom. The Morgan fingerprint density at radius 3 is 2.12 bits per heavy atom. The number of nitrogens with one attached hydrogen (secondary N) is 2. The predicted octanol–water partition coefficient (Wildman–Crippen LogP) is 2.13. The number of hydrogen-bond acceptors (Lipinski definition) is 6. The Bertz CT molecular complexity index is 948. The highest BCUT2D eigenvalue weighted by atomic mass is 32.2. The molecule has 176 valence electrons. The molecule has 1 aliphatic heterocycles. The maximum atomic E-state index is 12.9. The third-order valence-corrected chi connectivity index (χ3v) is 7.70. The van der Waals surface area contributed by atoms with Gasteiger partial charge in [-0.2, -0.15) is 4.31 Å². The molecule has 2 aliphatic rings. The Balaban J connectivity index is 1.49. The quantitative estimate of drug-likeness (QED) is 0.595. The van der Waals surface area contributed by atoms with E-state index < -0.39 is 40.0 Å². The van der Waals surface area contributed by atoms with E-state index in [1.54, 1.807) is 12.1 Å². The first-order valence-electron chi connectivity index (χ1n) is 11.0. The molecule has 32 heavy (non-hydrogen) atoms. The van der Waals surface area contributed by atoms with Gasteiger partial charge in [-0.3, -0.25) is 14.9 Å². The lowest BCUT2D eigenvalue weighted by Gasteiger charge is -2.30. The molecule has 1 saturated heterocycles. The van der Waals surface area contributed by atoms with E-state index >= 15 is 0 Å². The van der Waals surface area contributed by atoms with Gasteiger partial charge in [-0.15, -0.1) is 0 Å². The van der Waals surface area contributed by atoms with Crippen LogP contribution in [0.3, 0.4) is 0 Å². The molecule has 1 unspecified atom stereocenters. The monoisotopic (exact) mass is 465 g/mol. The summed E-state index contributed by atoms with van der Waals surface area (Å²) in [7, 11) is -3.64. The largest absolute Gasteiger partial charge is 0.452 e. The molecule has 0 aromatic heterocycles. The second kappa shape index (κ2) is 9.99. The molecule has 1 aromatic rings. The van der Waals surface area contributed by atoms with E-state index in [0.29, 0.717) is 18.8 Å². The van der Waals surface area contributed by atoms with Crippen LogP contribution in [0.1, 0.15) is 57.9 Å². The topological polar surface area (TPSA) is 122 Å². The van der Waals surface area contributed by atoms with Crippen LogP contribution < -0.4 is 10.6 Å². The number of ether oxygens (including phenoxy) is 1. The van der Waals surface area contributed by atoms with Crippen LogP contribution in [0.15, 0.2) is 29.2 Å². The lowest BCUT2D eigenvalue weighted by atomic mass is 9.98. The van der Waals surface area contributed by atoms with Gasteiger partial charge in [0.1, 0.15) is 0 Å². The van der Waals surface area contributed by atoms with Gasteiger partial charge in [0.25, 0.3) is 5.91 Å². The SMILES string of the molecule is CC(OC(=O)C1CCN(S(=O)(=O)c2ccc(C(C)C)cc2)CC1)C(=O)NC(=O)NC1CC1. The van der Waals surface area contributed by atoms with Gasteiger partial charge in [0, 0.05) is 19.1 Å². The molecule has 2 N–H and O–H groups in total. The van der Waals surface area contributed by atoms with Gasteiger partial charge in [0.15, 0.2) is 6.10 Å². The van der Waals surface area contributed by atoms with Crippen LogP contribution in [-0.2, 0) is 24.3 Å². The van der Waals surface area contributed by atoms with Crippen molar-refractivity contribution in [1.82, 2.24) is 14.9 Å². The van der Waals surface area contributed by atoms with E-state index in [1.807, 2.05) is 26.0 Å². The molecule has 9 nitrogen and oxygen atoms in total. The number of carbonyl (C=O) groups excluding carboxylic acids is 3. The molecule has 10 heteroatoms.